The van der Waals surface area contributed by atoms with Crippen LogP contribution in [0.1, 0.15) is 22.9 Å². The molecule has 0 fully saturated rings. The summed E-state index contributed by atoms with van der Waals surface area (Å²) in [6.07, 6.45) is 4.05. The first-order valence-electron chi connectivity index (χ1n) is 6.17. The number of benzene rings is 1. The molecule has 0 unspecified atom stereocenters. The van der Waals surface area contributed by atoms with E-state index in [1.54, 1.807) is 11.3 Å². The summed E-state index contributed by atoms with van der Waals surface area (Å²) in [7, 11) is 0. The molecule has 0 spiro atoms. The minimum absolute atomic E-state index is 0.155. The van der Waals surface area contributed by atoms with Gasteiger partial charge >= 0.3 is 0 Å². The Morgan fingerprint density at radius 3 is 2.56 bits per heavy atom. The Hall–Kier alpha value is -1.39. The predicted octanol–water partition coefficient (Wildman–Crippen LogP) is 2.37. The van der Waals surface area contributed by atoms with Crippen LogP contribution in [0.2, 0.25) is 0 Å². The van der Waals surface area contributed by atoms with Gasteiger partial charge in [0, 0.05) is 23.2 Å². The lowest BCUT2D eigenvalue weighted by Gasteiger charge is -2.25. The number of nitrogens with one attached hydrogen (secondary N) is 1. The molecule has 0 amide bonds. The Morgan fingerprint density at radius 1 is 1.33 bits per heavy atom. The number of hydrogen-bond acceptors (Lipinski definition) is 4. The molecule has 1 heterocycles. The Bertz CT molecular complexity index is 537. The van der Waals surface area contributed by atoms with Crippen molar-refractivity contribution < 1.29 is 0 Å². The van der Waals surface area contributed by atoms with Gasteiger partial charge in [0.15, 0.2) is 5.13 Å². The lowest BCUT2D eigenvalue weighted by molar-refractivity contribution is 0.371. The standard InChI is InChI=1S/C14H17N3S/c1-14(17-9-12-8-16-13(15)18-12)6-10-4-2-3-5-11(10)7-14/h2-5,8,17H,6-7,9H2,1H3,(H2,15,16). The van der Waals surface area contributed by atoms with Gasteiger partial charge in [0.25, 0.3) is 0 Å². The number of anilines is 1. The van der Waals surface area contributed by atoms with Gasteiger partial charge in [0.1, 0.15) is 0 Å². The van der Waals surface area contributed by atoms with Gasteiger partial charge in [-0.2, -0.15) is 0 Å². The van der Waals surface area contributed by atoms with E-state index in [0.717, 1.165) is 19.4 Å². The number of nitrogens with zero attached hydrogens (tertiary/aromatic N) is 1. The normalized spacial score (nSPS) is 16.7. The van der Waals surface area contributed by atoms with Gasteiger partial charge in [-0.05, 0) is 30.9 Å². The fourth-order valence-electron chi connectivity index (χ4n) is 2.64. The molecule has 1 aromatic carbocycles. The second-order valence-electron chi connectivity index (χ2n) is 5.20. The molecule has 0 saturated heterocycles. The van der Waals surface area contributed by atoms with Crippen molar-refractivity contribution in [2.75, 3.05) is 5.73 Å². The average molecular weight is 259 g/mol. The minimum atomic E-state index is 0.155. The molecule has 18 heavy (non-hydrogen) atoms. The molecule has 2 aromatic rings. The molecule has 1 aromatic heterocycles. The summed E-state index contributed by atoms with van der Waals surface area (Å²) in [5, 5.41) is 4.29. The summed E-state index contributed by atoms with van der Waals surface area (Å²) >= 11 is 1.56. The lowest BCUT2D eigenvalue weighted by Crippen LogP contribution is -2.42. The van der Waals surface area contributed by atoms with Crippen LogP contribution >= 0.6 is 11.3 Å². The van der Waals surface area contributed by atoms with E-state index in [1.807, 2.05) is 6.20 Å². The van der Waals surface area contributed by atoms with Crippen LogP contribution in [0.3, 0.4) is 0 Å². The molecule has 0 atom stereocenters. The molecule has 3 rings (SSSR count). The van der Waals surface area contributed by atoms with E-state index in [2.05, 4.69) is 41.5 Å². The smallest absolute Gasteiger partial charge is 0.180 e. The van der Waals surface area contributed by atoms with E-state index in [0.29, 0.717) is 5.13 Å². The van der Waals surface area contributed by atoms with Crippen molar-refractivity contribution in [2.24, 2.45) is 0 Å². The maximum Gasteiger partial charge on any atom is 0.180 e. The summed E-state index contributed by atoms with van der Waals surface area (Å²) < 4.78 is 0. The zero-order valence-corrected chi connectivity index (χ0v) is 11.3. The lowest BCUT2D eigenvalue weighted by atomic mass is 9.98. The number of aromatic nitrogens is 1. The number of fused-ring (bicyclic) bond motifs is 1. The van der Waals surface area contributed by atoms with Crippen molar-refractivity contribution >= 4 is 16.5 Å². The molecule has 3 N–H and O–H groups in total. The van der Waals surface area contributed by atoms with Crippen LogP contribution < -0.4 is 11.1 Å². The number of nitrogens with two attached hydrogens (primary N) is 1. The van der Waals surface area contributed by atoms with Gasteiger partial charge in [-0.1, -0.05) is 24.3 Å². The maximum absolute atomic E-state index is 5.64. The zero-order chi connectivity index (χ0) is 12.6. The van der Waals surface area contributed by atoms with Crippen LogP contribution in [0.4, 0.5) is 5.13 Å². The molecule has 0 radical (unpaired) electrons. The summed E-state index contributed by atoms with van der Waals surface area (Å²) in [6, 6.07) is 8.70. The van der Waals surface area contributed by atoms with Crippen LogP contribution in [0.15, 0.2) is 30.5 Å². The Kier molecular flexibility index (Phi) is 2.84. The fourth-order valence-corrected chi connectivity index (χ4v) is 3.26. The zero-order valence-electron chi connectivity index (χ0n) is 10.4. The summed E-state index contributed by atoms with van der Waals surface area (Å²) in [6.45, 7) is 3.14. The summed E-state index contributed by atoms with van der Waals surface area (Å²) in [5.74, 6) is 0. The van der Waals surface area contributed by atoms with E-state index < -0.39 is 0 Å². The highest BCUT2D eigenvalue weighted by molar-refractivity contribution is 7.15. The first-order valence-corrected chi connectivity index (χ1v) is 6.98. The van der Waals surface area contributed by atoms with Crippen molar-refractivity contribution in [3.8, 4) is 0 Å². The van der Waals surface area contributed by atoms with E-state index in [9.17, 15) is 0 Å². The van der Waals surface area contributed by atoms with Gasteiger partial charge in [-0.3, -0.25) is 0 Å². The molecule has 4 heteroatoms. The highest BCUT2D eigenvalue weighted by Crippen LogP contribution is 2.30. The van der Waals surface area contributed by atoms with E-state index in [1.165, 1.54) is 16.0 Å². The van der Waals surface area contributed by atoms with Crippen molar-refractivity contribution in [1.29, 1.82) is 0 Å². The third-order valence-electron chi connectivity index (χ3n) is 3.54. The second-order valence-corrected chi connectivity index (χ2v) is 6.35. The average Bonchev–Trinajstić information content (AvgIpc) is 2.89. The quantitative estimate of drug-likeness (QED) is 0.889. The van der Waals surface area contributed by atoms with Crippen molar-refractivity contribution in [1.82, 2.24) is 10.3 Å². The largest absolute Gasteiger partial charge is 0.375 e. The molecular formula is C14H17N3S. The highest BCUT2D eigenvalue weighted by atomic mass is 32.1. The van der Waals surface area contributed by atoms with Gasteiger partial charge in [-0.15, -0.1) is 11.3 Å². The first kappa shape index (κ1) is 11.7. The molecule has 0 aliphatic heterocycles. The first-order chi connectivity index (χ1) is 8.65. The van der Waals surface area contributed by atoms with Crippen LogP contribution in [0, 0.1) is 0 Å². The van der Waals surface area contributed by atoms with Gasteiger partial charge in [-0.25, -0.2) is 4.98 Å². The van der Waals surface area contributed by atoms with Crippen LogP contribution in [-0.2, 0) is 19.4 Å². The van der Waals surface area contributed by atoms with E-state index in [4.69, 9.17) is 5.73 Å². The van der Waals surface area contributed by atoms with Crippen LogP contribution in [0.5, 0.6) is 0 Å². The molecule has 94 valence electrons. The van der Waals surface area contributed by atoms with Crippen molar-refractivity contribution in [3.05, 3.63) is 46.5 Å². The van der Waals surface area contributed by atoms with Crippen LogP contribution in [-0.4, -0.2) is 10.5 Å². The third kappa shape index (κ3) is 2.26. The number of rotatable bonds is 3. The van der Waals surface area contributed by atoms with Crippen molar-refractivity contribution in [2.45, 2.75) is 31.8 Å². The Balaban J connectivity index is 1.68. The highest BCUT2D eigenvalue weighted by Gasteiger charge is 2.31. The third-order valence-corrected chi connectivity index (χ3v) is 4.37. The predicted molar refractivity (Wildman–Crippen MR) is 75.6 cm³/mol. The molecular weight excluding hydrogens is 242 g/mol. The molecule has 3 nitrogen and oxygen atoms in total. The minimum Gasteiger partial charge on any atom is -0.375 e. The van der Waals surface area contributed by atoms with Crippen LogP contribution in [0.25, 0.3) is 0 Å². The van der Waals surface area contributed by atoms with Gasteiger partial charge in [0.05, 0.1) is 0 Å². The molecule has 1 aliphatic rings. The van der Waals surface area contributed by atoms with Crippen molar-refractivity contribution in [3.63, 3.8) is 0 Å². The Labute approximate surface area is 111 Å². The SMILES string of the molecule is CC1(NCc2cnc(N)s2)Cc2ccccc2C1. The monoisotopic (exact) mass is 259 g/mol. The molecule has 1 aliphatic carbocycles. The molecule has 0 bridgehead atoms. The fraction of sp³-hybridized carbons (Fsp3) is 0.357. The number of nitrogen functional groups attached to an aromatic ring is 1. The maximum atomic E-state index is 5.64. The van der Waals surface area contributed by atoms with E-state index >= 15 is 0 Å². The number of thiazole rings is 1. The summed E-state index contributed by atoms with van der Waals surface area (Å²) in [4.78, 5) is 5.28. The van der Waals surface area contributed by atoms with E-state index in [-0.39, 0.29) is 5.54 Å². The number of hydrogen-bond donors (Lipinski definition) is 2. The second kappa shape index (κ2) is 4.37. The van der Waals surface area contributed by atoms with Gasteiger partial charge in [0.2, 0.25) is 0 Å². The Morgan fingerprint density at radius 2 is 2.00 bits per heavy atom. The topological polar surface area (TPSA) is 50.9 Å². The van der Waals surface area contributed by atoms with Gasteiger partial charge < -0.3 is 11.1 Å². The summed E-state index contributed by atoms with van der Waals surface area (Å²) in [5.41, 5.74) is 8.74. The molecule has 0 saturated carbocycles.